The number of carbonyl (C=O) groups is 1. The number of nitro benzene ring substituents is 1. The highest BCUT2D eigenvalue weighted by Crippen LogP contribution is 2.23. The van der Waals surface area contributed by atoms with Crippen LogP contribution in [0.15, 0.2) is 24.8 Å². The first kappa shape index (κ1) is 16.7. The van der Waals surface area contributed by atoms with Crippen LogP contribution < -0.4 is 0 Å². The van der Waals surface area contributed by atoms with Gasteiger partial charge in [-0.05, 0) is 6.07 Å². The Kier molecular flexibility index (Phi) is 5.92. The highest BCUT2D eigenvalue weighted by Gasteiger charge is 2.27. The van der Waals surface area contributed by atoms with Gasteiger partial charge in [0.2, 0.25) is 0 Å². The van der Waals surface area contributed by atoms with Crippen molar-refractivity contribution in [2.75, 3.05) is 26.8 Å². The fraction of sp³-hybridized carbons (Fsp3) is 0.308. The van der Waals surface area contributed by atoms with Crippen molar-refractivity contribution in [1.29, 1.82) is 0 Å². The van der Waals surface area contributed by atoms with Crippen molar-refractivity contribution in [3.05, 3.63) is 52.1 Å². The summed E-state index contributed by atoms with van der Waals surface area (Å²) in [5.74, 6) is -3.50. The second-order valence-electron chi connectivity index (χ2n) is 4.07. The molecule has 114 valence electrons. The minimum atomic E-state index is -1.38. The van der Waals surface area contributed by atoms with Crippen molar-refractivity contribution in [2.24, 2.45) is 0 Å². The maximum absolute atomic E-state index is 13.3. The van der Waals surface area contributed by atoms with E-state index in [1.165, 1.54) is 18.1 Å². The molecule has 0 radical (unpaired) electrons. The first-order valence-corrected chi connectivity index (χ1v) is 5.95. The summed E-state index contributed by atoms with van der Waals surface area (Å²) in [5.41, 5.74) is -1.30. The molecular weight excluding hydrogens is 286 g/mol. The number of rotatable bonds is 7. The Morgan fingerprint density at radius 2 is 2.10 bits per heavy atom. The van der Waals surface area contributed by atoms with Crippen LogP contribution >= 0.6 is 0 Å². The van der Waals surface area contributed by atoms with E-state index in [2.05, 4.69) is 6.58 Å². The normalized spacial score (nSPS) is 10.2. The molecule has 1 aromatic rings. The molecule has 8 heteroatoms. The fourth-order valence-electron chi connectivity index (χ4n) is 1.66. The number of nitrogens with zero attached hydrogens (tertiary/aromatic N) is 2. The third-order valence-electron chi connectivity index (χ3n) is 2.67. The molecule has 0 N–H and O–H groups in total. The van der Waals surface area contributed by atoms with Gasteiger partial charge in [0.05, 0.1) is 17.6 Å². The number of benzene rings is 1. The van der Waals surface area contributed by atoms with E-state index in [4.69, 9.17) is 4.74 Å². The van der Waals surface area contributed by atoms with E-state index in [0.717, 1.165) is 0 Å². The van der Waals surface area contributed by atoms with Crippen molar-refractivity contribution >= 4 is 11.6 Å². The number of methoxy groups -OCH3 is 1. The summed E-state index contributed by atoms with van der Waals surface area (Å²) in [4.78, 5) is 23.4. The summed E-state index contributed by atoms with van der Waals surface area (Å²) in [6.07, 6.45) is 1.42. The quantitative estimate of drug-likeness (QED) is 0.439. The molecule has 1 amide bonds. The predicted octanol–water partition coefficient (Wildman–Crippen LogP) is 2.15. The van der Waals surface area contributed by atoms with Gasteiger partial charge in [-0.25, -0.2) is 8.78 Å². The Labute approximate surface area is 119 Å². The summed E-state index contributed by atoms with van der Waals surface area (Å²) in [6.45, 7) is 3.89. The van der Waals surface area contributed by atoms with Crippen molar-refractivity contribution in [2.45, 2.75) is 0 Å². The zero-order chi connectivity index (χ0) is 16.0. The van der Waals surface area contributed by atoms with Crippen molar-refractivity contribution in [1.82, 2.24) is 4.90 Å². The third-order valence-corrected chi connectivity index (χ3v) is 2.67. The topological polar surface area (TPSA) is 72.7 Å². The Balaban J connectivity index is 3.22. The summed E-state index contributed by atoms with van der Waals surface area (Å²) in [6, 6.07) is 0.920. The molecule has 0 fully saturated rings. The second-order valence-corrected chi connectivity index (χ2v) is 4.07. The molecule has 1 aromatic carbocycles. The maximum atomic E-state index is 13.3. The van der Waals surface area contributed by atoms with Crippen molar-refractivity contribution < 1.29 is 23.2 Å². The minimum Gasteiger partial charge on any atom is -0.383 e. The second kappa shape index (κ2) is 7.44. The largest absolute Gasteiger partial charge is 0.383 e. The molecular formula is C13H14F2N2O4. The Bertz CT molecular complexity index is 563. The predicted molar refractivity (Wildman–Crippen MR) is 71.0 cm³/mol. The maximum Gasteiger partial charge on any atom is 0.285 e. The monoisotopic (exact) mass is 300 g/mol. The Morgan fingerprint density at radius 3 is 2.62 bits per heavy atom. The van der Waals surface area contributed by atoms with E-state index in [9.17, 15) is 23.7 Å². The molecule has 0 atom stereocenters. The summed E-state index contributed by atoms with van der Waals surface area (Å²) < 4.78 is 31.2. The SMILES string of the molecule is C=CCN(CCOC)C(=O)c1cc(F)c(F)cc1[N+](=O)[O-]. The molecule has 0 saturated heterocycles. The van der Waals surface area contributed by atoms with Crippen LogP contribution in [0.25, 0.3) is 0 Å². The van der Waals surface area contributed by atoms with Gasteiger partial charge < -0.3 is 9.64 Å². The molecule has 1 rings (SSSR count). The van der Waals surface area contributed by atoms with E-state index < -0.39 is 33.7 Å². The lowest BCUT2D eigenvalue weighted by molar-refractivity contribution is -0.385. The van der Waals surface area contributed by atoms with E-state index in [1.807, 2.05) is 0 Å². The van der Waals surface area contributed by atoms with Gasteiger partial charge in [-0.15, -0.1) is 6.58 Å². The lowest BCUT2D eigenvalue weighted by atomic mass is 10.1. The summed E-state index contributed by atoms with van der Waals surface area (Å²) in [5, 5.41) is 10.9. The van der Waals surface area contributed by atoms with Gasteiger partial charge in [0.25, 0.3) is 11.6 Å². The molecule has 0 heterocycles. The standard InChI is InChI=1S/C13H14F2N2O4/c1-3-4-16(5-6-21-2)13(18)9-7-10(14)11(15)8-12(9)17(19)20/h3,7-8H,1,4-6H2,2H3. The molecule has 6 nitrogen and oxygen atoms in total. The number of carbonyl (C=O) groups excluding carboxylic acids is 1. The van der Waals surface area contributed by atoms with Crippen LogP contribution in [-0.4, -0.2) is 42.5 Å². The molecule has 0 aromatic heterocycles. The van der Waals surface area contributed by atoms with E-state index in [1.54, 1.807) is 0 Å². The highest BCUT2D eigenvalue weighted by molar-refractivity contribution is 5.98. The van der Waals surface area contributed by atoms with Crippen LogP contribution in [0, 0.1) is 21.7 Å². The van der Waals surface area contributed by atoms with Gasteiger partial charge >= 0.3 is 0 Å². The number of ether oxygens (including phenoxy) is 1. The molecule has 21 heavy (non-hydrogen) atoms. The van der Waals surface area contributed by atoms with Crippen LogP contribution in [0.5, 0.6) is 0 Å². The summed E-state index contributed by atoms with van der Waals surface area (Å²) >= 11 is 0. The van der Waals surface area contributed by atoms with E-state index in [0.29, 0.717) is 12.1 Å². The number of nitro groups is 1. The van der Waals surface area contributed by atoms with Crippen LogP contribution in [-0.2, 0) is 4.74 Å². The number of hydrogen-bond donors (Lipinski definition) is 0. The lowest BCUT2D eigenvalue weighted by Crippen LogP contribution is -2.34. The van der Waals surface area contributed by atoms with Crippen LogP contribution in [0.2, 0.25) is 0 Å². The van der Waals surface area contributed by atoms with Gasteiger partial charge in [0.1, 0.15) is 5.56 Å². The first-order valence-electron chi connectivity index (χ1n) is 5.95. The zero-order valence-electron chi connectivity index (χ0n) is 11.3. The van der Waals surface area contributed by atoms with Gasteiger partial charge in [0, 0.05) is 20.2 Å². The lowest BCUT2D eigenvalue weighted by Gasteiger charge is -2.20. The van der Waals surface area contributed by atoms with Gasteiger partial charge in [-0.2, -0.15) is 0 Å². The van der Waals surface area contributed by atoms with Crippen LogP contribution in [0.3, 0.4) is 0 Å². The van der Waals surface area contributed by atoms with Gasteiger partial charge in [0.15, 0.2) is 11.6 Å². The molecule has 0 aliphatic heterocycles. The van der Waals surface area contributed by atoms with E-state index >= 15 is 0 Å². The Morgan fingerprint density at radius 1 is 1.48 bits per heavy atom. The highest BCUT2D eigenvalue weighted by atomic mass is 19.2. The smallest absolute Gasteiger partial charge is 0.285 e. The molecule has 0 aliphatic rings. The molecule has 0 unspecified atom stereocenters. The number of amides is 1. The fourth-order valence-corrected chi connectivity index (χ4v) is 1.66. The Hall–Kier alpha value is -2.35. The third kappa shape index (κ3) is 4.06. The zero-order valence-corrected chi connectivity index (χ0v) is 11.3. The van der Waals surface area contributed by atoms with E-state index in [-0.39, 0.29) is 19.7 Å². The number of halogens is 2. The molecule has 0 saturated carbocycles. The first-order chi connectivity index (χ1) is 9.92. The van der Waals surface area contributed by atoms with Crippen molar-refractivity contribution in [3.63, 3.8) is 0 Å². The molecule has 0 bridgehead atoms. The average Bonchev–Trinajstić information content (AvgIpc) is 2.44. The molecule has 0 aliphatic carbocycles. The summed E-state index contributed by atoms with van der Waals surface area (Å²) in [7, 11) is 1.43. The minimum absolute atomic E-state index is 0.0956. The van der Waals surface area contributed by atoms with Crippen LogP contribution in [0.4, 0.5) is 14.5 Å². The van der Waals surface area contributed by atoms with Crippen molar-refractivity contribution in [3.8, 4) is 0 Å². The van der Waals surface area contributed by atoms with Crippen LogP contribution in [0.1, 0.15) is 10.4 Å². The van der Waals surface area contributed by atoms with Gasteiger partial charge in [-0.1, -0.05) is 6.08 Å². The average molecular weight is 300 g/mol. The molecule has 0 spiro atoms. The van der Waals surface area contributed by atoms with Gasteiger partial charge in [-0.3, -0.25) is 14.9 Å². The number of hydrogen-bond acceptors (Lipinski definition) is 4.